The van der Waals surface area contributed by atoms with E-state index >= 15 is 0 Å². The van der Waals surface area contributed by atoms with Crippen molar-refractivity contribution in [1.29, 1.82) is 5.26 Å². The maximum Gasteiger partial charge on any atom is 0.346 e. The van der Waals surface area contributed by atoms with Crippen molar-refractivity contribution < 1.29 is 14.3 Å². The summed E-state index contributed by atoms with van der Waals surface area (Å²) in [5.74, 6) is -1.20. The van der Waals surface area contributed by atoms with Crippen LogP contribution in [0.15, 0.2) is 34.7 Å². The van der Waals surface area contributed by atoms with Crippen LogP contribution in [0.3, 0.4) is 0 Å². The van der Waals surface area contributed by atoms with Gasteiger partial charge in [-0.05, 0) is 18.1 Å². The van der Waals surface area contributed by atoms with Gasteiger partial charge in [0.25, 0.3) is 0 Å². The highest BCUT2D eigenvalue weighted by atomic mass is 16.4. The Morgan fingerprint density at radius 3 is 3.00 bits per heavy atom. The lowest BCUT2D eigenvalue weighted by atomic mass is 10.2. The Morgan fingerprint density at radius 1 is 1.77 bits per heavy atom. The van der Waals surface area contributed by atoms with Crippen LogP contribution in [0.2, 0.25) is 0 Å². The molecule has 4 nitrogen and oxygen atoms in total. The molecular weight excluding hydrogens is 170 g/mol. The third kappa shape index (κ3) is 2.49. The summed E-state index contributed by atoms with van der Waals surface area (Å²) in [6.45, 7) is 0. The molecule has 0 unspecified atom stereocenters. The van der Waals surface area contributed by atoms with Gasteiger partial charge >= 0.3 is 5.97 Å². The molecule has 0 spiro atoms. The second-order valence-corrected chi connectivity index (χ2v) is 2.37. The normalized spacial score (nSPS) is 10.8. The SMILES string of the molecule is N#C/C(=C\Cc1ccoc1)C(=O)O. The van der Waals surface area contributed by atoms with Crippen LogP contribution in [0.4, 0.5) is 0 Å². The number of aliphatic carboxylic acids is 1. The Morgan fingerprint density at radius 2 is 2.54 bits per heavy atom. The first-order valence-electron chi connectivity index (χ1n) is 3.58. The second kappa shape index (κ2) is 4.12. The first-order valence-corrected chi connectivity index (χ1v) is 3.58. The highest BCUT2D eigenvalue weighted by molar-refractivity contribution is 5.90. The fourth-order valence-electron chi connectivity index (χ4n) is 0.809. The van der Waals surface area contributed by atoms with E-state index in [4.69, 9.17) is 14.8 Å². The first kappa shape index (κ1) is 9.07. The average molecular weight is 177 g/mol. The Balaban J connectivity index is 2.67. The van der Waals surface area contributed by atoms with Gasteiger partial charge in [-0.1, -0.05) is 6.08 Å². The molecule has 0 aromatic carbocycles. The third-order valence-corrected chi connectivity index (χ3v) is 1.47. The zero-order chi connectivity index (χ0) is 9.68. The highest BCUT2D eigenvalue weighted by Gasteiger charge is 2.04. The van der Waals surface area contributed by atoms with Crippen molar-refractivity contribution in [2.24, 2.45) is 0 Å². The molecule has 13 heavy (non-hydrogen) atoms. The minimum atomic E-state index is -1.20. The molecule has 66 valence electrons. The summed E-state index contributed by atoms with van der Waals surface area (Å²) in [7, 11) is 0. The van der Waals surface area contributed by atoms with Gasteiger partial charge in [-0.25, -0.2) is 4.79 Å². The number of hydrogen-bond donors (Lipinski definition) is 1. The number of nitrogens with zero attached hydrogens (tertiary/aromatic N) is 1. The predicted molar refractivity (Wildman–Crippen MR) is 43.7 cm³/mol. The van der Waals surface area contributed by atoms with E-state index in [2.05, 4.69) is 0 Å². The molecule has 0 bridgehead atoms. The largest absolute Gasteiger partial charge is 0.477 e. The molecule has 0 saturated carbocycles. The lowest BCUT2D eigenvalue weighted by Crippen LogP contribution is -1.98. The van der Waals surface area contributed by atoms with E-state index in [1.54, 1.807) is 12.1 Å². The predicted octanol–water partition coefficient (Wildman–Crippen LogP) is 1.36. The van der Waals surface area contributed by atoms with Crippen LogP contribution < -0.4 is 0 Å². The van der Waals surface area contributed by atoms with Gasteiger partial charge in [0.15, 0.2) is 0 Å². The van der Waals surface area contributed by atoms with Crippen molar-refractivity contribution in [2.45, 2.75) is 6.42 Å². The summed E-state index contributed by atoms with van der Waals surface area (Å²) < 4.78 is 4.78. The molecule has 0 amide bonds. The second-order valence-electron chi connectivity index (χ2n) is 2.37. The molecular formula is C9H7NO3. The number of nitriles is 1. The fourth-order valence-corrected chi connectivity index (χ4v) is 0.809. The number of carboxylic acids is 1. The van der Waals surface area contributed by atoms with Crippen LogP contribution >= 0.6 is 0 Å². The Labute approximate surface area is 74.7 Å². The van der Waals surface area contributed by atoms with E-state index in [-0.39, 0.29) is 5.57 Å². The highest BCUT2D eigenvalue weighted by Crippen LogP contribution is 2.03. The van der Waals surface area contributed by atoms with Crippen molar-refractivity contribution in [2.75, 3.05) is 0 Å². The summed E-state index contributed by atoms with van der Waals surface area (Å²) in [5.41, 5.74) is 0.593. The van der Waals surface area contributed by atoms with Crippen LogP contribution in [-0.4, -0.2) is 11.1 Å². The first-order chi connectivity index (χ1) is 6.24. The molecule has 1 rings (SSSR count). The fraction of sp³-hybridized carbons (Fsp3) is 0.111. The molecule has 1 heterocycles. The summed E-state index contributed by atoms with van der Waals surface area (Å²) in [6.07, 6.45) is 4.75. The van der Waals surface area contributed by atoms with E-state index in [0.717, 1.165) is 5.56 Å². The van der Waals surface area contributed by atoms with E-state index < -0.39 is 5.97 Å². The van der Waals surface area contributed by atoms with Crippen molar-refractivity contribution in [3.05, 3.63) is 35.8 Å². The molecule has 0 aliphatic rings. The number of rotatable bonds is 3. The van der Waals surface area contributed by atoms with Crippen molar-refractivity contribution in [1.82, 2.24) is 0 Å². The molecule has 4 heteroatoms. The average Bonchev–Trinajstić information content (AvgIpc) is 2.57. The number of carboxylic acid groups (broad SMARTS) is 1. The summed E-state index contributed by atoms with van der Waals surface area (Å²) in [4.78, 5) is 10.4. The van der Waals surface area contributed by atoms with E-state index in [1.165, 1.54) is 18.6 Å². The van der Waals surface area contributed by atoms with Gasteiger partial charge in [0.1, 0.15) is 11.6 Å². The smallest absolute Gasteiger partial charge is 0.346 e. The third-order valence-electron chi connectivity index (χ3n) is 1.47. The van der Waals surface area contributed by atoms with E-state index in [1.807, 2.05) is 0 Å². The standard InChI is InChI=1S/C9H7NO3/c10-5-8(9(11)12)2-1-7-3-4-13-6-7/h2-4,6H,1H2,(H,11,12)/b8-2+. The van der Waals surface area contributed by atoms with Crippen LogP contribution in [0.25, 0.3) is 0 Å². The maximum atomic E-state index is 10.4. The van der Waals surface area contributed by atoms with E-state index in [9.17, 15) is 4.79 Å². The molecule has 0 fully saturated rings. The van der Waals surface area contributed by atoms with Gasteiger partial charge in [0.05, 0.1) is 12.5 Å². The van der Waals surface area contributed by atoms with Gasteiger partial charge in [0, 0.05) is 0 Å². The molecule has 0 aliphatic heterocycles. The monoisotopic (exact) mass is 177 g/mol. The zero-order valence-electron chi connectivity index (χ0n) is 6.73. The maximum absolute atomic E-state index is 10.4. The van der Waals surface area contributed by atoms with Crippen molar-refractivity contribution >= 4 is 5.97 Å². The Kier molecular flexibility index (Phi) is 2.87. The topological polar surface area (TPSA) is 74.2 Å². The lowest BCUT2D eigenvalue weighted by molar-refractivity contribution is -0.132. The van der Waals surface area contributed by atoms with Crippen molar-refractivity contribution in [3.63, 3.8) is 0 Å². The molecule has 0 aliphatic carbocycles. The molecule has 0 atom stereocenters. The molecule has 0 radical (unpaired) electrons. The summed E-state index contributed by atoms with van der Waals surface area (Å²) >= 11 is 0. The van der Waals surface area contributed by atoms with Crippen LogP contribution in [-0.2, 0) is 11.2 Å². The van der Waals surface area contributed by atoms with Crippen molar-refractivity contribution in [3.8, 4) is 6.07 Å². The van der Waals surface area contributed by atoms with Crippen LogP contribution in [0.5, 0.6) is 0 Å². The number of hydrogen-bond acceptors (Lipinski definition) is 3. The van der Waals surface area contributed by atoms with Crippen LogP contribution in [0.1, 0.15) is 5.56 Å². The zero-order valence-corrected chi connectivity index (χ0v) is 6.73. The Bertz CT molecular complexity index is 357. The quantitative estimate of drug-likeness (QED) is 0.558. The molecule has 1 aromatic rings. The molecule has 1 aromatic heterocycles. The van der Waals surface area contributed by atoms with Gasteiger partial charge in [-0.2, -0.15) is 5.26 Å². The minimum Gasteiger partial charge on any atom is -0.477 e. The van der Waals surface area contributed by atoms with Gasteiger partial charge < -0.3 is 9.52 Å². The minimum absolute atomic E-state index is 0.249. The van der Waals surface area contributed by atoms with Gasteiger partial charge in [-0.15, -0.1) is 0 Å². The van der Waals surface area contributed by atoms with Crippen LogP contribution in [0, 0.1) is 11.3 Å². The summed E-state index contributed by atoms with van der Waals surface area (Å²) in [6, 6.07) is 3.31. The number of allylic oxidation sites excluding steroid dienone is 1. The van der Waals surface area contributed by atoms with Gasteiger partial charge in [0.2, 0.25) is 0 Å². The lowest BCUT2D eigenvalue weighted by Gasteiger charge is -1.89. The number of carbonyl (C=O) groups is 1. The Hall–Kier alpha value is -2.02. The molecule has 1 N–H and O–H groups in total. The summed E-state index contributed by atoms with van der Waals surface area (Å²) in [5, 5.41) is 16.9. The van der Waals surface area contributed by atoms with E-state index in [0.29, 0.717) is 6.42 Å². The molecule has 0 saturated heterocycles. The van der Waals surface area contributed by atoms with Gasteiger partial charge in [-0.3, -0.25) is 0 Å². The number of furan rings is 1.